The zero-order chi connectivity index (χ0) is 20.4. The molecule has 8 nitrogen and oxygen atoms in total. The minimum Gasteiger partial charge on any atom is -0.490 e. The van der Waals surface area contributed by atoms with Crippen LogP contribution in [0.4, 0.5) is 5.82 Å². The molecule has 0 atom stereocenters. The average molecular weight is 505 g/mol. The lowest BCUT2D eigenvalue weighted by atomic mass is 9.92. The number of hydrogen-bond acceptors (Lipinski definition) is 6. The number of nitrogens with zero attached hydrogens (tertiary/aromatic N) is 4. The summed E-state index contributed by atoms with van der Waals surface area (Å²) in [5.41, 5.74) is 6.70. The fourth-order valence-electron chi connectivity index (χ4n) is 3.66. The lowest BCUT2D eigenvalue weighted by molar-refractivity contribution is 0.0684. The van der Waals surface area contributed by atoms with Crippen LogP contribution in [0.1, 0.15) is 42.1 Å². The van der Waals surface area contributed by atoms with Gasteiger partial charge in [-0.1, -0.05) is 6.07 Å². The van der Waals surface area contributed by atoms with Gasteiger partial charge in [-0.3, -0.25) is 0 Å². The van der Waals surface area contributed by atoms with Gasteiger partial charge in [0, 0.05) is 9.61 Å². The minimum atomic E-state index is -0.976. The van der Waals surface area contributed by atoms with E-state index >= 15 is 0 Å². The summed E-state index contributed by atoms with van der Waals surface area (Å²) in [5, 5.41) is 17.7. The minimum absolute atomic E-state index is 0.0187. The van der Waals surface area contributed by atoms with E-state index < -0.39 is 5.97 Å². The van der Waals surface area contributed by atoms with Gasteiger partial charge in [0.05, 0.1) is 6.10 Å². The van der Waals surface area contributed by atoms with Crippen LogP contribution in [0.3, 0.4) is 0 Å². The average Bonchev–Trinajstić information content (AvgIpc) is 3.20. The molecule has 0 radical (unpaired) electrons. The van der Waals surface area contributed by atoms with Gasteiger partial charge in [0.2, 0.25) is 0 Å². The third-order valence-corrected chi connectivity index (χ3v) is 5.75. The molecule has 1 fully saturated rings. The van der Waals surface area contributed by atoms with Crippen LogP contribution < -0.4 is 10.5 Å². The van der Waals surface area contributed by atoms with Gasteiger partial charge < -0.3 is 20.1 Å². The van der Waals surface area contributed by atoms with E-state index in [4.69, 9.17) is 10.5 Å². The molecule has 0 unspecified atom stereocenters. The molecule has 0 bridgehead atoms. The fourth-order valence-corrected chi connectivity index (χ4v) is 4.15. The molecule has 2 aromatic heterocycles. The molecule has 1 aromatic carbocycles. The smallest absolute Gasteiger partial charge is 0.339 e. The molecule has 2 heterocycles. The lowest BCUT2D eigenvalue weighted by Crippen LogP contribution is -2.26. The summed E-state index contributed by atoms with van der Waals surface area (Å²) >= 11 is 2.10. The number of hydrogen-bond donors (Lipinski definition) is 2. The van der Waals surface area contributed by atoms with Crippen LogP contribution in [0.5, 0.6) is 5.75 Å². The number of nitrogens with two attached hydrogens (primary N) is 1. The highest BCUT2D eigenvalue weighted by atomic mass is 127. The summed E-state index contributed by atoms with van der Waals surface area (Å²) in [6.07, 6.45) is 5.11. The van der Waals surface area contributed by atoms with E-state index in [9.17, 15) is 9.90 Å². The van der Waals surface area contributed by atoms with E-state index in [2.05, 4.69) is 37.8 Å². The second-order valence-electron chi connectivity index (χ2n) is 7.00. The van der Waals surface area contributed by atoms with Gasteiger partial charge in [0.1, 0.15) is 29.2 Å². The Hall–Kier alpha value is -2.69. The van der Waals surface area contributed by atoms with Crippen molar-refractivity contribution in [1.29, 1.82) is 0 Å². The molecular weight excluding hydrogens is 485 g/mol. The molecule has 150 valence electrons. The number of rotatable bonds is 5. The highest BCUT2D eigenvalue weighted by molar-refractivity contribution is 14.1. The SMILES string of the molecule is Nc1cccc(-c2nncn2C2CCC(Oc3ccc(I)cc3C(=O)O)CC2)n1. The normalized spacial score (nSPS) is 19.1. The van der Waals surface area contributed by atoms with E-state index in [0.29, 0.717) is 23.1 Å². The first-order chi connectivity index (χ1) is 14.0. The summed E-state index contributed by atoms with van der Waals surface area (Å²) in [5.74, 6) is 0.597. The first kappa shape index (κ1) is 19.6. The fraction of sp³-hybridized carbons (Fsp3) is 0.300. The van der Waals surface area contributed by atoms with Crippen molar-refractivity contribution >= 4 is 34.4 Å². The molecule has 4 rings (SSSR count). The molecule has 0 aliphatic heterocycles. The molecule has 3 N–H and O–H groups in total. The second kappa shape index (κ2) is 8.36. The van der Waals surface area contributed by atoms with Crippen molar-refractivity contribution in [2.45, 2.75) is 37.8 Å². The maximum atomic E-state index is 11.5. The molecular formula is C20H20IN5O3. The van der Waals surface area contributed by atoms with Crippen LogP contribution in [0.25, 0.3) is 11.5 Å². The molecule has 9 heteroatoms. The third kappa shape index (κ3) is 4.34. The molecule has 1 aliphatic carbocycles. The number of ether oxygens (including phenoxy) is 1. The van der Waals surface area contributed by atoms with E-state index in [-0.39, 0.29) is 17.7 Å². The first-order valence-corrected chi connectivity index (χ1v) is 10.4. The number of benzene rings is 1. The summed E-state index contributed by atoms with van der Waals surface area (Å²) in [6, 6.07) is 10.9. The van der Waals surface area contributed by atoms with Crippen molar-refractivity contribution in [2.75, 3.05) is 5.73 Å². The van der Waals surface area contributed by atoms with Crippen molar-refractivity contribution in [3.05, 3.63) is 51.9 Å². The highest BCUT2D eigenvalue weighted by Crippen LogP contribution is 2.34. The third-order valence-electron chi connectivity index (χ3n) is 5.08. The Bertz CT molecular complexity index is 1030. The van der Waals surface area contributed by atoms with Gasteiger partial charge in [-0.25, -0.2) is 9.78 Å². The number of aromatic carboxylic acids is 1. The standard InChI is InChI=1S/C20H20IN5O3/c21-12-4-9-17(15(10-12)20(27)28)29-14-7-5-13(6-8-14)26-11-23-25-19(26)16-2-1-3-18(22)24-16/h1-4,9-11,13-14H,5-8H2,(H2,22,24)(H,27,28). The van der Waals surface area contributed by atoms with Crippen molar-refractivity contribution in [3.8, 4) is 17.3 Å². The number of nitrogen functional groups attached to an aromatic ring is 1. The number of carbonyl (C=O) groups is 1. The van der Waals surface area contributed by atoms with Gasteiger partial charge >= 0.3 is 5.97 Å². The van der Waals surface area contributed by atoms with Crippen LogP contribution in [-0.2, 0) is 0 Å². The van der Waals surface area contributed by atoms with Crippen molar-refractivity contribution in [1.82, 2.24) is 19.7 Å². The van der Waals surface area contributed by atoms with Gasteiger partial charge in [-0.05, 0) is 78.6 Å². The number of aromatic nitrogens is 4. The summed E-state index contributed by atoms with van der Waals surface area (Å²) < 4.78 is 8.96. The lowest BCUT2D eigenvalue weighted by Gasteiger charge is -2.30. The van der Waals surface area contributed by atoms with Crippen LogP contribution in [0.15, 0.2) is 42.7 Å². The number of carboxylic acid groups (broad SMARTS) is 1. The molecule has 0 saturated heterocycles. The monoisotopic (exact) mass is 505 g/mol. The van der Waals surface area contributed by atoms with Crippen molar-refractivity contribution in [3.63, 3.8) is 0 Å². The maximum Gasteiger partial charge on any atom is 0.339 e. The van der Waals surface area contributed by atoms with Crippen LogP contribution in [0, 0.1) is 3.57 Å². The summed E-state index contributed by atoms with van der Waals surface area (Å²) in [4.78, 5) is 15.9. The first-order valence-electron chi connectivity index (χ1n) is 9.33. The summed E-state index contributed by atoms with van der Waals surface area (Å²) in [6.45, 7) is 0. The Balaban J connectivity index is 1.45. The number of anilines is 1. The van der Waals surface area contributed by atoms with E-state index in [1.807, 2.05) is 22.8 Å². The Labute approximate surface area is 181 Å². The molecule has 0 spiro atoms. The zero-order valence-electron chi connectivity index (χ0n) is 15.5. The Morgan fingerprint density at radius 1 is 1.21 bits per heavy atom. The summed E-state index contributed by atoms with van der Waals surface area (Å²) in [7, 11) is 0. The maximum absolute atomic E-state index is 11.5. The van der Waals surface area contributed by atoms with Crippen molar-refractivity contribution in [2.24, 2.45) is 0 Å². The molecule has 0 amide bonds. The highest BCUT2D eigenvalue weighted by Gasteiger charge is 2.27. The predicted molar refractivity (Wildman–Crippen MR) is 116 cm³/mol. The van der Waals surface area contributed by atoms with Crippen molar-refractivity contribution < 1.29 is 14.6 Å². The van der Waals surface area contributed by atoms with E-state index in [1.165, 1.54) is 0 Å². The predicted octanol–water partition coefficient (Wildman–Crippen LogP) is 3.79. The number of carboxylic acids is 1. The topological polar surface area (TPSA) is 116 Å². The Kier molecular flexibility index (Phi) is 5.65. The van der Waals surface area contributed by atoms with Gasteiger partial charge in [0.25, 0.3) is 0 Å². The molecule has 1 saturated carbocycles. The zero-order valence-corrected chi connectivity index (χ0v) is 17.7. The van der Waals surface area contributed by atoms with Gasteiger partial charge in [-0.15, -0.1) is 10.2 Å². The number of pyridine rings is 1. The number of halogens is 1. The second-order valence-corrected chi connectivity index (χ2v) is 8.25. The van der Waals surface area contributed by atoms with Gasteiger partial charge in [0.15, 0.2) is 5.82 Å². The quantitative estimate of drug-likeness (QED) is 0.507. The van der Waals surface area contributed by atoms with Crippen LogP contribution in [-0.4, -0.2) is 36.9 Å². The van der Waals surface area contributed by atoms with Crippen LogP contribution >= 0.6 is 22.6 Å². The Morgan fingerprint density at radius 3 is 2.72 bits per heavy atom. The molecule has 29 heavy (non-hydrogen) atoms. The largest absolute Gasteiger partial charge is 0.490 e. The molecule has 3 aromatic rings. The Morgan fingerprint density at radius 2 is 2.00 bits per heavy atom. The van der Waals surface area contributed by atoms with Crippen LogP contribution in [0.2, 0.25) is 0 Å². The van der Waals surface area contributed by atoms with E-state index in [1.54, 1.807) is 24.5 Å². The van der Waals surface area contributed by atoms with E-state index in [0.717, 1.165) is 29.3 Å². The molecule has 1 aliphatic rings. The van der Waals surface area contributed by atoms with Gasteiger partial charge in [-0.2, -0.15) is 0 Å².